The standard InChI is InChI=1S/C16H24N2O2S/c1-12(2)16(9-10-16)11-17-13-5-7-15(8-6-13)21(19,20)18-14-3-4-14/h5-8,12,14,17-18H,3-4,9-11H2,1-2H3. The molecular formula is C16H24N2O2S. The molecule has 2 aliphatic rings. The third-order valence-electron chi connectivity index (χ3n) is 4.83. The molecule has 21 heavy (non-hydrogen) atoms. The number of anilines is 1. The minimum absolute atomic E-state index is 0.147. The van der Waals surface area contributed by atoms with Crippen LogP contribution in [-0.4, -0.2) is 21.0 Å². The molecular weight excluding hydrogens is 284 g/mol. The first kappa shape index (κ1) is 14.9. The summed E-state index contributed by atoms with van der Waals surface area (Å²) in [6, 6.07) is 7.23. The molecule has 0 unspecified atom stereocenters. The van der Waals surface area contributed by atoms with Crippen LogP contribution in [0.3, 0.4) is 0 Å². The Morgan fingerprint density at radius 1 is 1.19 bits per heavy atom. The van der Waals surface area contributed by atoms with E-state index in [9.17, 15) is 8.42 Å². The fourth-order valence-corrected chi connectivity index (χ4v) is 3.94. The molecule has 0 radical (unpaired) electrons. The van der Waals surface area contributed by atoms with E-state index in [0.717, 1.165) is 25.1 Å². The van der Waals surface area contributed by atoms with E-state index in [1.807, 2.05) is 12.1 Å². The summed E-state index contributed by atoms with van der Waals surface area (Å²) in [6.07, 6.45) is 4.48. The van der Waals surface area contributed by atoms with Gasteiger partial charge in [-0.3, -0.25) is 0 Å². The highest BCUT2D eigenvalue weighted by molar-refractivity contribution is 7.89. The molecule has 0 atom stereocenters. The minimum atomic E-state index is -3.34. The summed E-state index contributed by atoms with van der Waals surface area (Å²) in [7, 11) is -3.34. The maximum Gasteiger partial charge on any atom is 0.240 e. The van der Waals surface area contributed by atoms with E-state index >= 15 is 0 Å². The van der Waals surface area contributed by atoms with E-state index in [0.29, 0.717) is 16.2 Å². The van der Waals surface area contributed by atoms with E-state index in [1.165, 1.54) is 12.8 Å². The zero-order valence-corrected chi connectivity index (χ0v) is 13.5. The molecule has 2 fully saturated rings. The number of nitrogens with one attached hydrogen (secondary N) is 2. The van der Waals surface area contributed by atoms with Gasteiger partial charge in [-0.05, 0) is 61.3 Å². The highest BCUT2D eigenvalue weighted by Crippen LogP contribution is 2.51. The van der Waals surface area contributed by atoms with Crippen molar-refractivity contribution < 1.29 is 8.42 Å². The van der Waals surface area contributed by atoms with E-state index in [-0.39, 0.29) is 6.04 Å². The molecule has 0 heterocycles. The Bertz CT molecular complexity index is 600. The fourth-order valence-electron chi connectivity index (χ4n) is 2.64. The number of benzene rings is 1. The second-order valence-electron chi connectivity index (χ2n) is 6.79. The average Bonchev–Trinajstić information content (AvgIpc) is 3.32. The van der Waals surface area contributed by atoms with Crippen molar-refractivity contribution in [2.75, 3.05) is 11.9 Å². The SMILES string of the molecule is CC(C)C1(CNc2ccc(S(=O)(=O)NC3CC3)cc2)CC1. The average molecular weight is 308 g/mol. The van der Waals surface area contributed by atoms with Crippen LogP contribution in [0.2, 0.25) is 0 Å². The maximum atomic E-state index is 12.1. The van der Waals surface area contributed by atoms with Crippen molar-refractivity contribution in [3.8, 4) is 0 Å². The Morgan fingerprint density at radius 3 is 2.29 bits per heavy atom. The number of sulfonamides is 1. The van der Waals surface area contributed by atoms with Crippen molar-refractivity contribution in [2.45, 2.75) is 50.5 Å². The maximum absolute atomic E-state index is 12.1. The molecule has 4 nitrogen and oxygen atoms in total. The highest BCUT2D eigenvalue weighted by Gasteiger charge is 2.44. The first-order valence-corrected chi connectivity index (χ1v) is 9.26. The van der Waals surface area contributed by atoms with Crippen molar-refractivity contribution in [3.05, 3.63) is 24.3 Å². The van der Waals surface area contributed by atoms with Crippen LogP contribution in [0.4, 0.5) is 5.69 Å². The molecule has 3 rings (SSSR count). The van der Waals surface area contributed by atoms with Crippen molar-refractivity contribution >= 4 is 15.7 Å². The topological polar surface area (TPSA) is 58.2 Å². The molecule has 1 aromatic rings. The summed E-state index contributed by atoms with van der Waals surface area (Å²) in [5, 5.41) is 3.45. The van der Waals surface area contributed by atoms with E-state index in [1.54, 1.807) is 12.1 Å². The highest BCUT2D eigenvalue weighted by atomic mass is 32.2. The zero-order valence-electron chi connectivity index (χ0n) is 12.7. The van der Waals surface area contributed by atoms with Crippen LogP contribution in [0.1, 0.15) is 39.5 Å². The summed E-state index contributed by atoms with van der Waals surface area (Å²) >= 11 is 0. The normalized spacial score (nSPS) is 20.5. The Hall–Kier alpha value is -1.07. The molecule has 0 aliphatic heterocycles. The number of hydrogen-bond acceptors (Lipinski definition) is 3. The Kier molecular flexibility index (Phi) is 3.74. The lowest BCUT2D eigenvalue weighted by Crippen LogP contribution is -2.25. The molecule has 0 aromatic heterocycles. The van der Waals surface area contributed by atoms with E-state index in [2.05, 4.69) is 23.9 Å². The Morgan fingerprint density at radius 2 is 1.81 bits per heavy atom. The lowest BCUT2D eigenvalue weighted by atomic mass is 9.92. The van der Waals surface area contributed by atoms with Gasteiger partial charge >= 0.3 is 0 Å². The predicted molar refractivity (Wildman–Crippen MR) is 84.8 cm³/mol. The quantitative estimate of drug-likeness (QED) is 0.814. The second-order valence-corrected chi connectivity index (χ2v) is 8.50. The third-order valence-corrected chi connectivity index (χ3v) is 6.36. The number of rotatable bonds is 7. The molecule has 0 spiro atoms. The molecule has 2 saturated carbocycles. The lowest BCUT2D eigenvalue weighted by Gasteiger charge is -2.20. The van der Waals surface area contributed by atoms with Crippen molar-refractivity contribution in [1.82, 2.24) is 4.72 Å². The molecule has 0 bridgehead atoms. The van der Waals surface area contributed by atoms with Gasteiger partial charge in [0.05, 0.1) is 4.90 Å². The van der Waals surface area contributed by atoms with E-state index in [4.69, 9.17) is 0 Å². The second kappa shape index (κ2) is 5.29. The smallest absolute Gasteiger partial charge is 0.240 e. The van der Waals surface area contributed by atoms with Gasteiger partial charge in [-0.2, -0.15) is 0 Å². The zero-order chi connectivity index (χ0) is 15.1. The Labute approximate surface area is 127 Å². The van der Waals surface area contributed by atoms with Gasteiger partial charge in [-0.25, -0.2) is 13.1 Å². The van der Waals surface area contributed by atoms with Gasteiger partial charge in [0.15, 0.2) is 0 Å². The first-order valence-electron chi connectivity index (χ1n) is 7.78. The van der Waals surface area contributed by atoms with Crippen LogP contribution < -0.4 is 10.0 Å². The van der Waals surface area contributed by atoms with Gasteiger partial charge in [0, 0.05) is 18.3 Å². The molecule has 1 aromatic carbocycles. The third kappa shape index (κ3) is 3.40. The molecule has 0 amide bonds. The van der Waals surface area contributed by atoms with Gasteiger partial charge in [0.1, 0.15) is 0 Å². The molecule has 5 heteroatoms. The minimum Gasteiger partial charge on any atom is -0.384 e. The van der Waals surface area contributed by atoms with Crippen LogP contribution >= 0.6 is 0 Å². The lowest BCUT2D eigenvalue weighted by molar-refractivity contribution is 0.380. The molecule has 2 aliphatic carbocycles. The summed E-state index contributed by atoms with van der Waals surface area (Å²) in [5.74, 6) is 0.687. The van der Waals surface area contributed by atoms with Crippen LogP contribution in [-0.2, 0) is 10.0 Å². The van der Waals surface area contributed by atoms with E-state index < -0.39 is 10.0 Å². The largest absolute Gasteiger partial charge is 0.384 e. The molecule has 116 valence electrons. The summed E-state index contributed by atoms with van der Waals surface area (Å²) in [4.78, 5) is 0.352. The number of hydrogen-bond donors (Lipinski definition) is 2. The summed E-state index contributed by atoms with van der Waals surface area (Å²) in [5.41, 5.74) is 1.44. The monoisotopic (exact) mass is 308 g/mol. The predicted octanol–water partition coefficient (Wildman–Crippen LogP) is 2.98. The van der Waals surface area contributed by atoms with Gasteiger partial charge in [0.25, 0.3) is 0 Å². The summed E-state index contributed by atoms with van der Waals surface area (Å²) in [6.45, 7) is 5.51. The van der Waals surface area contributed by atoms with Crippen LogP contribution in [0.25, 0.3) is 0 Å². The van der Waals surface area contributed by atoms with Gasteiger partial charge in [-0.15, -0.1) is 0 Å². The van der Waals surface area contributed by atoms with Gasteiger partial charge < -0.3 is 5.32 Å². The van der Waals surface area contributed by atoms with Gasteiger partial charge in [0.2, 0.25) is 10.0 Å². The van der Waals surface area contributed by atoms with Crippen molar-refractivity contribution in [1.29, 1.82) is 0 Å². The summed E-state index contributed by atoms with van der Waals surface area (Å²) < 4.78 is 26.9. The molecule has 0 saturated heterocycles. The van der Waals surface area contributed by atoms with Crippen LogP contribution in [0.5, 0.6) is 0 Å². The fraction of sp³-hybridized carbons (Fsp3) is 0.625. The van der Waals surface area contributed by atoms with Crippen molar-refractivity contribution in [3.63, 3.8) is 0 Å². The van der Waals surface area contributed by atoms with Crippen LogP contribution in [0, 0.1) is 11.3 Å². The van der Waals surface area contributed by atoms with Crippen molar-refractivity contribution in [2.24, 2.45) is 11.3 Å². The first-order chi connectivity index (χ1) is 9.91. The van der Waals surface area contributed by atoms with Gasteiger partial charge in [-0.1, -0.05) is 13.8 Å². The molecule has 2 N–H and O–H groups in total. The van der Waals surface area contributed by atoms with Crippen LogP contribution in [0.15, 0.2) is 29.2 Å². The Balaban J connectivity index is 1.61.